The number of ether oxygens (including phenoxy) is 1. The highest BCUT2D eigenvalue weighted by atomic mass is 16.5. The van der Waals surface area contributed by atoms with Crippen LogP contribution >= 0.6 is 0 Å². The predicted octanol–water partition coefficient (Wildman–Crippen LogP) is 3.89. The minimum Gasteiger partial charge on any atom is -0.497 e. The molecule has 1 unspecified atom stereocenters. The van der Waals surface area contributed by atoms with Crippen LogP contribution in [0.4, 0.5) is 0 Å². The normalized spacial score (nSPS) is 13.0. The fraction of sp³-hybridized carbons (Fsp3) is 0.588. The first kappa shape index (κ1) is 15.8. The van der Waals surface area contributed by atoms with Crippen molar-refractivity contribution in [1.29, 1.82) is 0 Å². The molecule has 2 aromatic rings. The van der Waals surface area contributed by atoms with Crippen LogP contribution in [0.25, 0.3) is 11.0 Å². The van der Waals surface area contributed by atoms with E-state index in [1.165, 1.54) is 0 Å². The number of methoxy groups -OCH3 is 1. The summed E-state index contributed by atoms with van der Waals surface area (Å²) in [4.78, 5) is 4.79. The zero-order valence-electron chi connectivity index (χ0n) is 13.6. The molecule has 0 bridgehead atoms. The van der Waals surface area contributed by atoms with E-state index in [4.69, 9.17) is 15.5 Å². The van der Waals surface area contributed by atoms with Crippen LogP contribution in [0, 0.1) is 5.92 Å². The molecule has 0 saturated carbocycles. The van der Waals surface area contributed by atoms with Gasteiger partial charge >= 0.3 is 0 Å². The fourth-order valence-corrected chi connectivity index (χ4v) is 2.65. The van der Waals surface area contributed by atoms with Crippen LogP contribution in [0.1, 0.15) is 51.9 Å². The molecule has 1 aromatic heterocycles. The van der Waals surface area contributed by atoms with E-state index in [0.717, 1.165) is 48.4 Å². The number of unbranched alkanes of at least 4 members (excludes halogenated alkanes) is 1. The molecule has 21 heavy (non-hydrogen) atoms. The molecular weight excluding hydrogens is 262 g/mol. The molecule has 4 nitrogen and oxygen atoms in total. The summed E-state index contributed by atoms with van der Waals surface area (Å²) in [7, 11) is 1.68. The summed E-state index contributed by atoms with van der Waals surface area (Å²) in [5, 5.41) is 0. The van der Waals surface area contributed by atoms with Gasteiger partial charge < -0.3 is 15.0 Å². The molecule has 4 heteroatoms. The zero-order valence-corrected chi connectivity index (χ0v) is 13.6. The molecular formula is C17H27N3O. The Balaban J connectivity index is 2.45. The van der Waals surface area contributed by atoms with Crippen LogP contribution < -0.4 is 10.5 Å². The number of rotatable bonds is 7. The Kier molecular flexibility index (Phi) is 5.23. The van der Waals surface area contributed by atoms with Gasteiger partial charge in [-0.25, -0.2) is 4.98 Å². The lowest BCUT2D eigenvalue weighted by molar-refractivity contribution is 0.415. The SMILES string of the molecule is CCCCC(N)c1nc2cc(OC)ccc2n1CC(C)C. The highest BCUT2D eigenvalue weighted by Crippen LogP contribution is 2.26. The Morgan fingerprint density at radius 3 is 2.71 bits per heavy atom. The summed E-state index contributed by atoms with van der Waals surface area (Å²) >= 11 is 0. The predicted molar refractivity (Wildman–Crippen MR) is 87.6 cm³/mol. The minimum absolute atomic E-state index is 0.00194. The molecule has 1 heterocycles. The topological polar surface area (TPSA) is 53.1 Å². The summed E-state index contributed by atoms with van der Waals surface area (Å²) in [6.45, 7) is 7.57. The molecule has 0 spiro atoms. The van der Waals surface area contributed by atoms with Crippen LogP contribution in [-0.4, -0.2) is 16.7 Å². The quantitative estimate of drug-likeness (QED) is 0.841. The van der Waals surface area contributed by atoms with Crippen LogP contribution in [0.3, 0.4) is 0 Å². The monoisotopic (exact) mass is 289 g/mol. The maximum Gasteiger partial charge on any atom is 0.126 e. The van der Waals surface area contributed by atoms with Gasteiger partial charge in [-0.3, -0.25) is 0 Å². The number of nitrogens with zero attached hydrogens (tertiary/aromatic N) is 2. The van der Waals surface area contributed by atoms with Crippen molar-refractivity contribution in [2.45, 2.75) is 52.6 Å². The van der Waals surface area contributed by atoms with E-state index in [1.807, 2.05) is 12.1 Å². The van der Waals surface area contributed by atoms with Crippen molar-refractivity contribution in [3.63, 3.8) is 0 Å². The Morgan fingerprint density at radius 1 is 1.33 bits per heavy atom. The average molecular weight is 289 g/mol. The fourth-order valence-electron chi connectivity index (χ4n) is 2.65. The lowest BCUT2D eigenvalue weighted by atomic mass is 10.1. The van der Waals surface area contributed by atoms with Crippen LogP contribution in [-0.2, 0) is 6.54 Å². The van der Waals surface area contributed by atoms with Crippen LogP contribution in [0.2, 0.25) is 0 Å². The van der Waals surface area contributed by atoms with E-state index in [0.29, 0.717) is 5.92 Å². The summed E-state index contributed by atoms with van der Waals surface area (Å²) in [5.74, 6) is 2.40. The van der Waals surface area contributed by atoms with Gasteiger partial charge in [0, 0.05) is 12.6 Å². The summed E-state index contributed by atoms with van der Waals surface area (Å²) in [5.41, 5.74) is 8.49. The Labute approximate surface area is 127 Å². The van der Waals surface area contributed by atoms with Gasteiger partial charge in [0.1, 0.15) is 11.6 Å². The van der Waals surface area contributed by atoms with E-state index in [9.17, 15) is 0 Å². The van der Waals surface area contributed by atoms with Crippen molar-refractivity contribution >= 4 is 11.0 Å². The number of benzene rings is 1. The number of fused-ring (bicyclic) bond motifs is 1. The second-order valence-corrected chi connectivity index (χ2v) is 6.08. The number of hydrogen-bond acceptors (Lipinski definition) is 3. The highest BCUT2D eigenvalue weighted by molar-refractivity contribution is 5.78. The third kappa shape index (κ3) is 3.56. The van der Waals surface area contributed by atoms with Crippen molar-refractivity contribution in [3.8, 4) is 5.75 Å². The second kappa shape index (κ2) is 6.94. The van der Waals surface area contributed by atoms with Crippen molar-refractivity contribution in [2.75, 3.05) is 7.11 Å². The molecule has 0 aliphatic heterocycles. The van der Waals surface area contributed by atoms with Gasteiger partial charge in [-0.15, -0.1) is 0 Å². The molecule has 116 valence electrons. The third-order valence-electron chi connectivity index (χ3n) is 3.73. The lowest BCUT2D eigenvalue weighted by Gasteiger charge is -2.16. The molecule has 0 amide bonds. The van der Waals surface area contributed by atoms with Crippen molar-refractivity contribution in [1.82, 2.24) is 9.55 Å². The van der Waals surface area contributed by atoms with E-state index < -0.39 is 0 Å². The summed E-state index contributed by atoms with van der Waals surface area (Å²) in [6.07, 6.45) is 3.27. The highest BCUT2D eigenvalue weighted by Gasteiger charge is 2.17. The minimum atomic E-state index is 0.00194. The molecule has 0 radical (unpaired) electrons. The van der Waals surface area contributed by atoms with Gasteiger partial charge in [-0.2, -0.15) is 0 Å². The molecule has 1 aromatic carbocycles. The molecule has 2 rings (SSSR count). The standard InChI is InChI=1S/C17H27N3O/c1-5-6-7-14(18)17-19-15-10-13(21-4)8-9-16(15)20(17)11-12(2)3/h8-10,12,14H,5-7,11,18H2,1-4H3. The molecule has 0 fully saturated rings. The maximum atomic E-state index is 6.38. The molecule has 0 aliphatic rings. The summed E-state index contributed by atoms with van der Waals surface area (Å²) in [6, 6.07) is 6.06. The van der Waals surface area contributed by atoms with Crippen molar-refractivity contribution in [2.24, 2.45) is 11.7 Å². The zero-order chi connectivity index (χ0) is 15.4. The Bertz CT molecular complexity index is 589. The Hall–Kier alpha value is -1.55. The second-order valence-electron chi connectivity index (χ2n) is 6.08. The average Bonchev–Trinajstić information content (AvgIpc) is 2.82. The van der Waals surface area contributed by atoms with Gasteiger partial charge in [0.15, 0.2) is 0 Å². The van der Waals surface area contributed by atoms with Crippen molar-refractivity contribution < 1.29 is 4.74 Å². The number of hydrogen-bond donors (Lipinski definition) is 1. The molecule has 0 saturated heterocycles. The first-order valence-electron chi connectivity index (χ1n) is 7.86. The molecule has 2 N–H and O–H groups in total. The third-order valence-corrected chi connectivity index (χ3v) is 3.73. The van der Waals surface area contributed by atoms with Gasteiger partial charge in [-0.05, 0) is 24.5 Å². The maximum absolute atomic E-state index is 6.38. The number of nitrogens with two attached hydrogens (primary N) is 1. The van der Waals surface area contributed by atoms with E-state index >= 15 is 0 Å². The largest absolute Gasteiger partial charge is 0.497 e. The van der Waals surface area contributed by atoms with E-state index in [1.54, 1.807) is 7.11 Å². The van der Waals surface area contributed by atoms with Gasteiger partial charge in [0.05, 0.1) is 24.2 Å². The van der Waals surface area contributed by atoms with Crippen LogP contribution in [0.15, 0.2) is 18.2 Å². The number of imidazole rings is 1. The van der Waals surface area contributed by atoms with Gasteiger partial charge in [-0.1, -0.05) is 33.6 Å². The van der Waals surface area contributed by atoms with Gasteiger partial charge in [0.25, 0.3) is 0 Å². The smallest absolute Gasteiger partial charge is 0.126 e. The first-order valence-corrected chi connectivity index (χ1v) is 7.86. The lowest BCUT2D eigenvalue weighted by Crippen LogP contribution is -2.18. The van der Waals surface area contributed by atoms with Crippen molar-refractivity contribution in [3.05, 3.63) is 24.0 Å². The Morgan fingerprint density at radius 2 is 2.10 bits per heavy atom. The molecule has 0 aliphatic carbocycles. The van der Waals surface area contributed by atoms with Gasteiger partial charge in [0.2, 0.25) is 0 Å². The first-order chi connectivity index (χ1) is 10.1. The summed E-state index contributed by atoms with van der Waals surface area (Å²) < 4.78 is 7.57. The number of aromatic nitrogens is 2. The van der Waals surface area contributed by atoms with E-state index in [-0.39, 0.29) is 6.04 Å². The van der Waals surface area contributed by atoms with Crippen LogP contribution in [0.5, 0.6) is 5.75 Å². The molecule has 1 atom stereocenters. The van der Waals surface area contributed by atoms with E-state index in [2.05, 4.69) is 31.4 Å².